The summed E-state index contributed by atoms with van der Waals surface area (Å²) < 4.78 is 9.89. The summed E-state index contributed by atoms with van der Waals surface area (Å²) in [6.45, 7) is 3.11. The number of rotatable bonds is 0. The van der Waals surface area contributed by atoms with Crippen LogP contribution in [0.5, 0.6) is 0 Å². The normalized spacial score (nSPS) is 15.2. The molecule has 0 radical (unpaired) electrons. The second kappa shape index (κ2) is 6.15. The Bertz CT molecular complexity index is 353. The molecule has 1 aliphatic heterocycles. The van der Waals surface area contributed by atoms with Gasteiger partial charge in [-0.1, -0.05) is 18.2 Å². The lowest BCUT2D eigenvalue weighted by Crippen LogP contribution is -2.16. The molecule has 0 N–H and O–H groups in total. The smallest absolute Gasteiger partial charge is 0.116 e. The highest BCUT2D eigenvalue weighted by Gasteiger charge is 1.94. The molecule has 1 aromatic carbocycles. The lowest BCUT2D eigenvalue weighted by molar-refractivity contribution is -0.0334. The molecule has 0 saturated carbocycles. The van der Waals surface area contributed by atoms with E-state index in [-0.39, 0.29) is 0 Å². The Kier molecular flexibility index (Phi) is 4.22. The van der Waals surface area contributed by atoms with E-state index in [0.717, 1.165) is 37.3 Å². The van der Waals surface area contributed by atoms with Crippen LogP contribution in [0.1, 0.15) is 0 Å². The first-order valence-electron chi connectivity index (χ1n) is 5.27. The molecule has 1 fully saturated rings. The second-order valence-corrected chi connectivity index (χ2v) is 3.31. The van der Waals surface area contributed by atoms with E-state index in [9.17, 15) is 0 Å². The van der Waals surface area contributed by atoms with Crippen LogP contribution in [-0.2, 0) is 9.47 Å². The van der Waals surface area contributed by atoms with Crippen LogP contribution in [0.25, 0.3) is 10.9 Å². The Morgan fingerprint density at radius 1 is 0.938 bits per heavy atom. The maximum absolute atomic E-state index is 4.94. The van der Waals surface area contributed by atoms with Gasteiger partial charge in [-0.25, -0.2) is 9.97 Å². The molecule has 16 heavy (non-hydrogen) atoms. The zero-order valence-corrected chi connectivity index (χ0v) is 9.00. The van der Waals surface area contributed by atoms with E-state index in [0.29, 0.717) is 0 Å². The summed E-state index contributed by atoms with van der Waals surface area (Å²) in [5, 5.41) is 1.09. The molecule has 0 atom stereocenters. The number of benzene rings is 1. The van der Waals surface area contributed by atoms with Crippen molar-refractivity contribution in [3.8, 4) is 0 Å². The summed E-state index contributed by atoms with van der Waals surface area (Å²) in [5.41, 5.74) is 0.998. The van der Waals surface area contributed by atoms with Crippen molar-refractivity contribution >= 4 is 10.9 Å². The molecule has 0 aliphatic carbocycles. The minimum Gasteiger partial charge on any atom is -0.377 e. The summed E-state index contributed by atoms with van der Waals surface area (Å²) >= 11 is 0. The Balaban J connectivity index is 0.000000138. The number of aromatic nitrogens is 2. The van der Waals surface area contributed by atoms with Crippen LogP contribution in [0.2, 0.25) is 0 Å². The van der Waals surface area contributed by atoms with E-state index in [1.54, 1.807) is 6.33 Å². The topological polar surface area (TPSA) is 44.2 Å². The number of nitrogens with zero attached hydrogens (tertiary/aromatic N) is 2. The minimum atomic E-state index is 0.778. The van der Waals surface area contributed by atoms with Crippen molar-refractivity contribution in [1.29, 1.82) is 0 Å². The summed E-state index contributed by atoms with van der Waals surface area (Å²) in [7, 11) is 0. The maximum Gasteiger partial charge on any atom is 0.116 e. The fraction of sp³-hybridized carbons (Fsp3) is 0.333. The fourth-order valence-electron chi connectivity index (χ4n) is 1.36. The van der Waals surface area contributed by atoms with E-state index in [1.807, 2.05) is 30.5 Å². The molecule has 1 aromatic heterocycles. The first kappa shape index (κ1) is 11.0. The van der Waals surface area contributed by atoms with Gasteiger partial charge in [0.05, 0.1) is 31.9 Å². The first-order chi connectivity index (χ1) is 7.97. The van der Waals surface area contributed by atoms with Gasteiger partial charge in [0.25, 0.3) is 0 Å². The van der Waals surface area contributed by atoms with Crippen LogP contribution < -0.4 is 0 Å². The third-order valence-electron chi connectivity index (χ3n) is 2.16. The zero-order valence-electron chi connectivity index (χ0n) is 9.00. The molecule has 1 aliphatic rings. The van der Waals surface area contributed by atoms with Crippen LogP contribution in [0.15, 0.2) is 36.8 Å². The minimum absolute atomic E-state index is 0.778. The van der Waals surface area contributed by atoms with E-state index in [1.165, 1.54) is 0 Å². The van der Waals surface area contributed by atoms with Crippen LogP contribution in [-0.4, -0.2) is 36.4 Å². The van der Waals surface area contributed by atoms with Gasteiger partial charge in [-0.05, 0) is 6.07 Å². The molecule has 0 unspecified atom stereocenters. The monoisotopic (exact) mass is 218 g/mol. The van der Waals surface area contributed by atoms with Crippen LogP contribution in [0, 0.1) is 0 Å². The SMILES string of the molecule is C1COCCO1.c1ccc2ncncc2c1. The quantitative estimate of drug-likeness (QED) is 0.674. The third-order valence-corrected chi connectivity index (χ3v) is 2.16. The predicted molar refractivity (Wildman–Crippen MR) is 61.2 cm³/mol. The standard InChI is InChI=1S/C8H6N2.C4H8O2/c1-2-4-8-7(3-1)5-9-6-10-8;1-2-6-4-3-5-1/h1-6H;1-4H2. The molecule has 4 heteroatoms. The molecular formula is C12H14N2O2. The van der Waals surface area contributed by atoms with Crippen molar-refractivity contribution in [2.75, 3.05) is 26.4 Å². The predicted octanol–water partition coefficient (Wildman–Crippen LogP) is 1.66. The number of hydrogen-bond acceptors (Lipinski definition) is 4. The van der Waals surface area contributed by atoms with Gasteiger partial charge < -0.3 is 9.47 Å². The van der Waals surface area contributed by atoms with Crippen molar-refractivity contribution in [3.63, 3.8) is 0 Å². The number of ether oxygens (including phenoxy) is 2. The van der Waals surface area contributed by atoms with Gasteiger partial charge >= 0.3 is 0 Å². The Labute approximate surface area is 94.2 Å². The molecule has 0 bridgehead atoms. The fourth-order valence-corrected chi connectivity index (χ4v) is 1.36. The highest BCUT2D eigenvalue weighted by atomic mass is 16.6. The number of hydrogen-bond donors (Lipinski definition) is 0. The van der Waals surface area contributed by atoms with Gasteiger partial charge in [-0.15, -0.1) is 0 Å². The Morgan fingerprint density at radius 2 is 1.62 bits per heavy atom. The van der Waals surface area contributed by atoms with Gasteiger partial charge in [0.1, 0.15) is 6.33 Å². The van der Waals surface area contributed by atoms with Gasteiger partial charge in [-0.3, -0.25) is 0 Å². The molecule has 84 valence electrons. The van der Waals surface area contributed by atoms with Crippen LogP contribution in [0.4, 0.5) is 0 Å². The summed E-state index contributed by atoms with van der Waals surface area (Å²) in [5.74, 6) is 0. The second-order valence-electron chi connectivity index (χ2n) is 3.31. The van der Waals surface area contributed by atoms with Crippen LogP contribution in [0.3, 0.4) is 0 Å². The molecule has 1 saturated heterocycles. The average Bonchev–Trinajstić information content (AvgIpc) is 2.42. The van der Waals surface area contributed by atoms with Crippen LogP contribution >= 0.6 is 0 Å². The van der Waals surface area contributed by atoms with E-state index in [4.69, 9.17) is 9.47 Å². The third kappa shape index (κ3) is 3.25. The summed E-state index contributed by atoms with van der Waals surface area (Å²) in [6.07, 6.45) is 3.37. The molecule has 2 aromatic rings. The van der Waals surface area contributed by atoms with E-state index < -0.39 is 0 Å². The Morgan fingerprint density at radius 3 is 2.25 bits per heavy atom. The first-order valence-corrected chi connectivity index (χ1v) is 5.27. The molecule has 0 spiro atoms. The van der Waals surface area contributed by atoms with Crippen molar-refractivity contribution in [1.82, 2.24) is 9.97 Å². The van der Waals surface area contributed by atoms with Gasteiger partial charge in [0.2, 0.25) is 0 Å². The molecule has 4 nitrogen and oxygen atoms in total. The molecular weight excluding hydrogens is 204 g/mol. The van der Waals surface area contributed by atoms with Gasteiger partial charge in [-0.2, -0.15) is 0 Å². The van der Waals surface area contributed by atoms with Crippen molar-refractivity contribution < 1.29 is 9.47 Å². The zero-order chi connectivity index (χ0) is 11.1. The van der Waals surface area contributed by atoms with Crippen molar-refractivity contribution in [2.24, 2.45) is 0 Å². The van der Waals surface area contributed by atoms with E-state index >= 15 is 0 Å². The Hall–Kier alpha value is -1.52. The number of para-hydroxylation sites is 1. The van der Waals surface area contributed by atoms with Crippen molar-refractivity contribution in [3.05, 3.63) is 36.8 Å². The number of fused-ring (bicyclic) bond motifs is 1. The summed E-state index contributed by atoms with van der Waals surface area (Å²) in [4.78, 5) is 7.97. The van der Waals surface area contributed by atoms with Gasteiger partial charge in [0, 0.05) is 11.6 Å². The molecule has 3 rings (SSSR count). The molecule has 2 heterocycles. The molecule has 0 amide bonds. The van der Waals surface area contributed by atoms with Gasteiger partial charge in [0.15, 0.2) is 0 Å². The summed E-state index contributed by atoms with van der Waals surface area (Å²) in [6, 6.07) is 7.91. The lowest BCUT2D eigenvalue weighted by Gasteiger charge is -2.09. The highest BCUT2D eigenvalue weighted by Crippen LogP contribution is 2.06. The maximum atomic E-state index is 4.94. The average molecular weight is 218 g/mol. The lowest BCUT2D eigenvalue weighted by atomic mass is 10.2. The largest absolute Gasteiger partial charge is 0.377 e. The van der Waals surface area contributed by atoms with E-state index in [2.05, 4.69) is 9.97 Å². The van der Waals surface area contributed by atoms with Crippen molar-refractivity contribution in [2.45, 2.75) is 0 Å². The highest BCUT2D eigenvalue weighted by molar-refractivity contribution is 5.76.